The van der Waals surface area contributed by atoms with Crippen LogP contribution in [-0.4, -0.2) is 52.8 Å². The lowest BCUT2D eigenvalue weighted by molar-refractivity contribution is -0.00182. The van der Waals surface area contributed by atoms with Crippen molar-refractivity contribution in [2.75, 3.05) is 19.4 Å². The van der Waals surface area contributed by atoms with Crippen LogP contribution in [0.5, 0.6) is 0 Å². The van der Waals surface area contributed by atoms with Crippen LogP contribution in [-0.2, 0) is 14.8 Å². The maximum absolute atomic E-state index is 12.4. The van der Waals surface area contributed by atoms with Crippen molar-refractivity contribution in [3.05, 3.63) is 47.9 Å². The van der Waals surface area contributed by atoms with Crippen LogP contribution in [0.2, 0.25) is 0 Å². The Labute approximate surface area is 178 Å². The second-order valence-corrected chi connectivity index (χ2v) is 9.51. The van der Waals surface area contributed by atoms with Gasteiger partial charge in [-0.3, -0.25) is 0 Å². The lowest BCUT2D eigenvalue weighted by atomic mass is 10.0. The highest BCUT2D eigenvalue weighted by molar-refractivity contribution is 7.89. The summed E-state index contributed by atoms with van der Waals surface area (Å²) in [5, 5.41) is 14.3. The Hall–Kier alpha value is -3.26. The number of nitrogens with one attached hydrogen (secondary N) is 2. The van der Waals surface area contributed by atoms with Crippen molar-refractivity contribution in [2.24, 2.45) is 0 Å². The summed E-state index contributed by atoms with van der Waals surface area (Å²) in [6.45, 7) is 3.26. The minimum atomic E-state index is -3.58. The summed E-state index contributed by atoms with van der Waals surface area (Å²) in [5.41, 5.74) is 2.79. The molecule has 0 amide bonds. The molecule has 2 atom stereocenters. The Bertz CT molecular complexity index is 1460. The van der Waals surface area contributed by atoms with Crippen molar-refractivity contribution in [1.29, 1.82) is 5.26 Å². The number of aromatic amines is 1. The molecule has 0 bridgehead atoms. The van der Waals surface area contributed by atoms with Crippen molar-refractivity contribution in [3.8, 4) is 17.5 Å². The molecule has 31 heavy (non-hydrogen) atoms. The predicted octanol–water partition coefficient (Wildman–Crippen LogP) is 2.31. The number of aromatic nitrogens is 4. The molecule has 0 saturated carbocycles. The maximum atomic E-state index is 12.4. The van der Waals surface area contributed by atoms with Crippen LogP contribution in [0.4, 0.5) is 0 Å². The Morgan fingerprint density at radius 2 is 2.10 bits per heavy atom. The first kappa shape index (κ1) is 19.7. The van der Waals surface area contributed by atoms with Gasteiger partial charge >= 0.3 is 0 Å². The molecule has 0 spiro atoms. The van der Waals surface area contributed by atoms with Gasteiger partial charge in [0.25, 0.3) is 0 Å². The zero-order chi connectivity index (χ0) is 21.8. The third-order valence-corrected chi connectivity index (χ3v) is 6.54. The van der Waals surface area contributed by atoms with Crippen molar-refractivity contribution < 1.29 is 13.2 Å². The number of fused-ring (bicyclic) bond motifs is 2. The normalized spacial score (nSPS) is 19.6. The second-order valence-electron chi connectivity index (χ2n) is 7.65. The zero-order valence-corrected chi connectivity index (χ0v) is 17.8. The van der Waals surface area contributed by atoms with Gasteiger partial charge in [-0.1, -0.05) is 0 Å². The zero-order valence-electron chi connectivity index (χ0n) is 17.0. The van der Waals surface area contributed by atoms with Crippen LogP contribution in [0.15, 0.2) is 36.7 Å². The summed E-state index contributed by atoms with van der Waals surface area (Å²) in [6, 6.07) is 9.21. The minimum absolute atomic E-state index is 0.0148. The highest BCUT2D eigenvalue weighted by Crippen LogP contribution is 2.34. The number of benzene rings is 1. The van der Waals surface area contributed by atoms with Gasteiger partial charge in [-0.05, 0) is 31.2 Å². The average Bonchev–Trinajstić information content (AvgIpc) is 3.39. The van der Waals surface area contributed by atoms with Gasteiger partial charge in [0.1, 0.15) is 6.10 Å². The van der Waals surface area contributed by atoms with Gasteiger partial charge in [0.05, 0.1) is 30.2 Å². The minimum Gasteiger partial charge on any atom is -0.369 e. The molecule has 1 aromatic carbocycles. The number of hydrogen-bond donors (Lipinski definition) is 2. The van der Waals surface area contributed by atoms with E-state index in [1.807, 2.05) is 13.0 Å². The topological polar surface area (TPSA) is 126 Å². The SMILES string of the molecule is CC1NCCOC1c1nc(-c2cc(C#N)cc3[nH]ccc23)nc2c1ccn2S(C)(=O)=O. The number of ether oxygens (including phenoxy) is 1. The van der Waals surface area contributed by atoms with E-state index in [1.54, 1.807) is 24.4 Å². The van der Waals surface area contributed by atoms with Crippen LogP contribution in [0, 0.1) is 11.3 Å². The third-order valence-electron chi connectivity index (χ3n) is 5.53. The number of hydrogen-bond acceptors (Lipinski definition) is 7. The summed E-state index contributed by atoms with van der Waals surface area (Å²) in [6.07, 6.45) is 4.04. The largest absolute Gasteiger partial charge is 0.369 e. The molecule has 1 aliphatic rings. The van der Waals surface area contributed by atoms with E-state index in [0.717, 1.165) is 27.7 Å². The van der Waals surface area contributed by atoms with Crippen molar-refractivity contribution in [1.82, 2.24) is 24.2 Å². The molecule has 1 saturated heterocycles. The summed E-state index contributed by atoms with van der Waals surface area (Å²) in [4.78, 5) is 12.6. The van der Waals surface area contributed by atoms with Crippen LogP contribution in [0.1, 0.15) is 24.3 Å². The molecule has 0 radical (unpaired) electrons. The standard InChI is InChI=1S/C21H20N6O3S/c1-12-19(30-8-6-23-12)18-15-4-7-27(31(2,28)29)21(15)26-20(25-18)16-9-13(11-22)10-17-14(16)3-5-24-17/h3-5,7,9-10,12,19,23-24H,6,8H2,1-2H3. The molecule has 5 rings (SSSR count). The number of H-pyrrole nitrogens is 1. The van der Waals surface area contributed by atoms with Crippen LogP contribution in [0.25, 0.3) is 33.3 Å². The Morgan fingerprint density at radius 3 is 2.84 bits per heavy atom. The van der Waals surface area contributed by atoms with Gasteiger partial charge in [0.15, 0.2) is 11.5 Å². The van der Waals surface area contributed by atoms with Crippen LogP contribution < -0.4 is 5.32 Å². The molecule has 9 nitrogen and oxygen atoms in total. The Kier molecular flexibility index (Phi) is 4.55. The number of morpholine rings is 1. The lowest BCUT2D eigenvalue weighted by Crippen LogP contribution is -2.41. The first-order chi connectivity index (χ1) is 14.9. The lowest BCUT2D eigenvalue weighted by Gasteiger charge is -2.30. The van der Waals surface area contributed by atoms with Crippen LogP contribution in [0.3, 0.4) is 0 Å². The van der Waals surface area contributed by atoms with Crippen molar-refractivity contribution >= 4 is 32.0 Å². The molecular formula is C21H20N6O3S. The van der Waals surface area contributed by atoms with E-state index < -0.39 is 10.0 Å². The summed E-state index contributed by atoms with van der Waals surface area (Å²) < 4.78 is 32.0. The monoisotopic (exact) mass is 436 g/mol. The van der Waals surface area contributed by atoms with E-state index in [4.69, 9.17) is 9.72 Å². The van der Waals surface area contributed by atoms with E-state index in [-0.39, 0.29) is 17.8 Å². The molecule has 10 heteroatoms. The van der Waals surface area contributed by atoms with Gasteiger partial charge in [-0.2, -0.15) is 5.26 Å². The Morgan fingerprint density at radius 1 is 1.26 bits per heavy atom. The fraction of sp³-hybridized carbons (Fsp3) is 0.286. The molecule has 3 aromatic heterocycles. The molecule has 1 fully saturated rings. The van der Waals surface area contributed by atoms with Gasteiger partial charge < -0.3 is 15.0 Å². The number of nitriles is 1. The summed E-state index contributed by atoms with van der Waals surface area (Å²) in [5.74, 6) is 0.342. The molecule has 4 aromatic rings. The van der Waals surface area contributed by atoms with E-state index in [1.165, 1.54) is 6.20 Å². The molecule has 2 unspecified atom stereocenters. The quantitative estimate of drug-likeness (QED) is 0.505. The van der Waals surface area contributed by atoms with Crippen molar-refractivity contribution in [2.45, 2.75) is 19.1 Å². The average molecular weight is 436 g/mol. The van der Waals surface area contributed by atoms with Gasteiger partial charge in [0, 0.05) is 46.8 Å². The molecule has 4 heterocycles. The molecule has 0 aliphatic carbocycles. The predicted molar refractivity (Wildman–Crippen MR) is 116 cm³/mol. The number of nitrogens with zero attached hydrogens (tertiary/aromatic N) is 4. The summed E-state index contributed by atoms with van der Waals surface area (Å²) in [7, 11) is -3.58. The molecule has 2 N–H and O–H groups in total. The van der Waals surface area contributed by atoms with E-state index in [9.17, 15) is 13.7 Å². The Balaban J connectivity index is 1.84. The highest BCUT2D eigenvalue weighted by atomic mass is 32.2. The fourth-order valence-electron chi connectivity index (χ4n) is 4.08. The highest BCUT2D eigenvalue weighted by Gasteiger charge is 2.29. The van der Waals surface area contributed by atoms with Gasteiger partial charge in [0.2, 0.25) is 10.0 Å². The molecule has 1 aliphatic heterocycles. The van der Waals surface area contributed by atoms with E-state index in [2.05, 4.69) is 21.4 Å². The summed E-state index contributed by atoms with van der Waals surface area (Å²) >= 11 is 0. The molecule has 158 valence electrons. The van der Waals surface area contributed by atoms with Crippen molar-refractivity contribution in [3.63, 3.8) is 0 Å². The first-order valence-corrected chi connectivity index (χ1v) is 11.7. The van der Waals surface area contributed by atoms with E-state index in [0.29, 0.717) is 34.6 Å². The number of rotatable bonds is 3. The van der Waals surface area contributed by atoms with Gasteiger partial charge in [-0.25, -0.2) is 22.4 Å². The third kappa shape index (κ3) is 3.27. The first-order valence-electron chi connectivity index (χ1n) is 9.83. The smallest absolute Gasteiger partial charge is 0.237 e. The van der Waals surface area contributed by atoms with Gasteiger partial charge in [-0.15, -0.1) is 0 Å². The van der Waals surface area contributed by atoms with Crippen LogP contribution >= 0.6 is 0 Å². The maximum Gasteiger partial charge on any atom is 0.237 e. The second kappa shape index (κ2) is 7.16. The fourth-order valence-corrected chi connectivity index (χ4v) is 4.81. The molecular weight excluding hydrogens is 416 g/mol. The van der Waals surface area contributed by atoms with E-state index >= 15 is 0 Å².